The van der Waals surface area contributed by atoms with Crippen LogP contribution in [0, 0.1) is 12.8 Å². The monoisotopic (exact) mass is 221 g/mol. The Labute approximate surface area is 96.1 Å². The lowest BCUT2D eigenvalue weighted by molar-refractivity contribution is 0.122. The van der Waals surface area contributed by atoms with E-state index in [0.717, 1.165) is 18.5 Å². The van der Waals surface area contributed by atoms with Gasteiger partial charge in [0.25, 0.3) is 0 Å². The summed E-state index contributed by atoms with van der Waals surface area (Å²) in [5.74, 6) is 1.06. The largest absolute Gasteiger partial charge is 0.391 e. The van der Waals surface area contributed by atoms with Crippen LogP contribution in [0.2, 0.25) is 0 Å². The van der Waals surface area contributed by atoms with Gasteiger partial charge in [-0.15, -0.1) is 0 Å². The molecule has 1 aromatic heterocycles. The van der Waals surface area contributed by atoms with Crippen molar-refractivity contribution in [3.63, 3.8) is 0 Å². The fourth-order valence-electron chi connectivity index (χ4n) is 2.24. The Balaban J connectivity index is 1.82. The third-order valence-corrected chi connectivity index (χ3v) is 3.21. The minimum Gasteiger partial charge on any atom is -0.391 e. The molecule has 0 saturated heterocycles. The number of aliphatic hydroxyl groups excluding tert-OH is 1. The number of aryl methyl sites for hydroxylation is 1. The lowest BCUT2D eigenvalue weighted by Gasteiger charge is -2.17. The molecule has 0 radical (unpaired) electrons. The molecule has 0 aromatic carbocycles. The minimum atomic E-state index is -0.272. The van der Waals surface area contributed by atoms with Gasteiger partial charge in [0.15, 0.2) is 0 Å². The quantitative estimate of drug-likeness (QED) is 0.813. The Hall–Kier alpha value is -1.16. The summed E-state index contributed by atoms with van der Waals surface area (Å²) >= 11 is 0. The zero-order chi connectivity index (χ0) is 11.4. The lowest BCUT2D eigenvalue weighted by Crippen LogP contribution is -2.27. The first-order valence-electron chi connectivity index (χ1n) is 5.97. The third kappa shape index (κ3) is 2.92. The molecular formula is C12H19N3O. The molecule has 2 rings (SSSR count). The summed E-state index contributed by atoms with van der Waals surface area (Å²) in [4.78, 5) is 8.34. The van der Waals surface area contributed by atoms with E-state index in [9.17, 15) is 5.11 Å². The third-order valence-electron chi connectivity index (χ3n) is 3.21. The van der Waals surface area contributed by atoms with E-state index < -0.39 is 0 Å². The first-order valence-corrected chi connectivity index (χ1v) is 5.97. The number of hydrogen-bond acceptors (Lipinski definition) is 4. The van der Waals surface area contributed by atoms with Crippen molar-refractivity contribution in [2.45, 2.75) is 38.7 Å². The van der Waals surface area contributed by atoms with Crippen LogP contribution >= 0.6 is 0 Å². The lowest BCUT2D eigenvalue weighted by atomic mass is 10.0. The number of hydrogen-bond donors (Lipinski definition) is 2. The highest BCUT2D eigenvalue weighted by Crippen LogP contribution is 2.27. The van der Waals surface area contributed by atoms with Crippen molar-refractivity contribution in [2.75, 3.05) is 11.9 Å². The topological polar surface area (TPSA) is 58.0 Å². The van der Waals surface area contributed by atoms with Crippen LogP contribution in [0.5, 0.6) is 0 Å². The summed E-state index contributed by atoms with van der Waals surface area (Å²) in [6.07, 6.45) is 6.26. The molecular weight excluding hydrogens is 202 g/mol. The zero-order valence-corrected chi connectivity index (χ0v) is 9.69. The first kappa shape index (κ1) is 11.3. The summed E-state index contributed by atoms with van der Waals surface area (Å²) in [7, 11) is 0. The Bertz CT molecular complexity index is 337. The van der Waals surface area contributed by atoms with E-state index in [4.69, 9.17) is 0 Å². The van der Waals surface area contributed by atoms with Crippen molar-refractivity contribution >= 4 is 5.95 Å². The van der Waals surface area contributed by atoms with E-state index in [-0.39, 0.29) is 6.10 Å². The van der Waals surface area contributed by atoms with Crippen LogP contribution in [-0.2, 0) is 0 Å². The molecule has 1 aromatic rings. The van der Waals surface area contributed by atoms with Crippen LogP contribution in [0.15, 0.2) is 12.3 Å². The Morgan fingerprint density at radius 3 is 2.94 bits per heavy atom. The van der Waals surface area contributed by atoms with Gasteiger partial charge in [-0.2, -0.15) is 0 Å². The maximum atomic E-state index is 9.96. The second-order valence-corrected chi connectivity index (χ2v) is 4.51. The van der Waals surface area contributed by atoms with Gasteiger partial charge in [0.2, 0.25) is 5.95 Å². The predicted molar refractivity (Wildman–Crippen MR) is 63.2 cm³/mol. The van der Waals surface area contributed by atoms with Crippen LogP contribution in [0.3, 0.4) is 0 Å². The van der Waals surface area contributed by atoms with Crippen LogP contribution < -0.4 is 5.32 Å². The van der Waals surface area contributed by atoms with Gasteiger partial charge >= 0.3 is 0 Å². The Morgan fingerprint density at radius 2 is 2.25 bits per heavy atom. The molecule has 16 heavy (non-hydrogen) atoms. The second kappa shape index (κ2) is 5.25. The van der Waals surface area contributed by atoms with Crippen molar-refractivity contribution in [1.29, 1.82) is 0 Å². The maximum Gasteiger partial charge on any atom is 0.222 e. The number of nitrogens with one attached hydrogen (secondary N) is 1. The van der Waals surface area contributed by atoms with E-state index in [1.54, 1.807) is 6.20 Å². The number of anilines is 1. The number of rotatable bonds is 4. The molecule has 1 heterocycles. The molecule has 0 spiro atoms. The van der Waals surface area contributed by atoms with Gasteiger partial charge in [-0.25, -0.2) is 9.97 Å². The van der Waals surface area contributed by atoms with Crippen LogP contribution in [0.4, 0.5) is 5.95 Å². The molecule has 1 aliphatic carbocycles. The highest BCUT2D eigenvalue weighted by Gasteiger charge is 2.22. The SMILES string of the molecule is Cc1ccnc(NCC(O)C2CCCC2)n1. The van der Waals surface area contributed by atoms with Crippen molar-refractivity contribution < 1.29 is 5.11 Å². The van der Waals surface area contributed by atoms with Gasteiger partial charge < -0.3 is 10.4 Å². The van der Waals surface area contributed by atoms with Crippen LogP contribution in [-0.4, -0.2) is 27.7 Å². The fraction of sp³-hybridized carbons (Fsp3) is 0.667. The van der Waals surface area contributed by atoms with E-state index in [0.29, 0.717) is 18.4 Å². The molecule has 1 aliphatic rings. The van der Waals surface area contributed by atoms with Crippen LogP contribution in [0.25, 0.3) is 0 Å². The smallest absolute Gasteiger partial charge is 0.222 e. The van der Waals surface area contributed by atoms with E-state index in [2.05, 4.69) is 15.3 Å². The van der Waals surface area contributed by atoms with Gasteiger partial charge in [-0.1, -0.05) is 12.8 Å². The number of aromatic nitrogens is 2. The molecule has 4 nitrogen and oxygen atoms in total. The van der Waals surface area contributed by atoms with Gasteiger partial charge in [0.1, 0.15) is 0 Å². The molecule has 0 aliphatic heterocycles. The van der Waals surface area contributed by atoms with Crippen molar-refractivity contribution in [3.05, 3.63) is 18.0 Å². The normalized spacial score (nSPS) is 18.6. The molecule has 1 unspecified atom stereocenters. The molecule has 0 bridgehead atoms. The van der Waals surface area contributed by atoms with Gasteiger partial charge in [-0.05, 0) is 31.7 Å². The summed E-state index contributed by atoms with van der Waals surface area (Å²) in [5.41, 5.74) is 0.938. The minimum absolute atomic E-state index is 0.272. The molecule has 1 fully saturated rings. The van der Waals surface area contributed by atoms with Crippen LogP contribution in [0.1, 0.15) is 31.4 Å². The molecule has 1 saturated carbocycles. The summed E-state index contributed by atoms with van der Waals surface area (Å²) in [5, 5.41) is 13.1. The summed E-state index contributed by atoms with van der Waals surface area (Å²) < 4.78 is 0. The molecule has 2 N–H and O–H groups in total. The summed E-state index contributed by atoms with van der Waals surface area (Å²) in [6.45, 7) is 2.48. The number of nitrogens with zero attached hydrogens (tertiary/aromatic N) is 2. The average Bonchev–Trinajstić information content (AvgIpc) is 2.79. The predicted octanol–water partition coefficient (Wildman–Crippen LogP) is 1.75. The van der Waals surface area contributed by atoms with E-state index >= 15 is 0 Å². The average molecular weight is 221 g/mol. The summed E-state index contributed by atoms with van der Waals surface area (Å²) in [6, 6.07) is 1.86. The molecule has 88 valence electrons. The second-order valence-electron chi connectivity index (χ2n) is 4.51. The van der Waals surface area contributed by atoms with Gasteiger partial charge in [0, 0.05) is 18.4 Å². The standard InChI is InChI=1S/C12H19N3O/c1-9-6-7-13-12(15-9)14-8-11(16)10-4-2-3-5-10/h6-7,10-11,16H,2-5,8H2,1H3,(H,13,14,15). The zero-order valence-electron chi connectivity index (χ0n) is 9.69. The van der Waals surface area contributed by atoms with Gasteiger partial charge in [0.05, 0.1) is 6.10 Å². The molecule has 0 amide bonds. The number of aliphatic hydroxyl groups is 1. The Morgan fingerprint density at radius 1 is 1.50 bits per heavy atom. The van der Waals surface area contributed by atoms with Crippen molar-refractivity contribution in [2.24, 2.45) is 5.92 Å². The van der Waals surface area contributed by atoms with Crippen molar-refractivity contribution in [3.8, 4) is 0 Å². The van der Waals surface area contributed by atoms with E-state index in [1.807, 2.05) is 13.0 Å². The van der Waals surface area contributed by atoms with E-state index in [1.165, 1.54) is 12.8 Å². The first-order chi connectivity index (χ1) is 7.75. The highest BCUT2D eigenvalue weighted by molar-refractivity contribution is 5.24. The van der Waals surface area contributed by atoms with Crippen molar-refractivity contribution in [1.82, 2.24) is 9.97 Å². The molecule has 1 atom stereocenters. The van der Waals surface area contributed by atoms with Gasteiger partial charge in [-0.3, -0.25) is 0 Å². The fourth-order valence-corrected chi connectivity index (χ4v) is 2.24. The maximum absolute atomic E-state index is 9.96. The Kier molecular flexibility index (Phi) is 3.72. The highest BCUT2D eigenvalue weighted by atomic mass is 16.3. The molecule has 4 heteroatoms.